The standard InChI is InChI=1S/C21H28F2N2O2/c22-21(23)15-25-11-6-18-19(25)2-1-3-20(18)27-17-4-9-24(10-5-17)14-16-7-12-26-13-8-16/h1-3,6,11,16-17,21H,4-5,7-10,12-15H2. The summed E-state index contributed by atoms with van der Waals surface area (Å²) in [5, 5.41) is 0.919. The van der Waals surface area contributed by atoms with Crippen molar-refractivity contribution in [3.05, 3.63) is 30.5 Å². The summed E-state index contributed by atoms with van der Waals surface area (Å²) < 4.78 is 38.8. The molecule has 4 nitrogen and oxygen atoms in total. The van der Waals surface area contributed by atoms with Crippen LogP contribution in [0.15, 0.2) is 30.5 Å². The van der Waals surface area contributed by atoms with Crippen LogP contribution < -0.4 is 4.74 Å². The molecule has 0 N–H and O–H groups in total. The van der Waals surface area contributed by atoms with Gasteiger partial charge in [-0.25, -0.2) is 8.78 Å². The molecule has 0 spiro atoms. The first kappa shape index (κ1) is 18.7. The Morgan fingerprint density at radius 1 is 1.07 bits per heavy atom. The Morgan fingerprint density at radius 2 is 1.85 bits per heavy atom. The van der Waals surface area contributed by atoms with Crippen LogP contribution in [0.5, 0.6) is 5.75 Å². The maximum Gasteiger partial charge on any atom is 0.256 e. The minimum absolute atomic E-state index is 0.194. The van der Waals surface area contributed by atoms with E-state index in [-0.39, 0.29) is 12.6 Å². The molecule has 4 rings (SSSR count). The van der Waals surface area contributed by atoms with Crippen molar-refractivity contribution in [2.75, 3.05) is 32.8 Å². The topological polar surface area (TPSA) is 26.6 Å². The smallest absolute Gasteiger partial charge is 0.256 e. The monoisotopic (exact) mass is 378 g/mol. The summed E-state index contributed by atoms with van der Waals surface area (Å²) in [7, 11) is 0. The molecule has 2 saturated heterocycles. The maximum absolute atomic E-state index is 12.7. The Bertz CT molecular complexity index is 735. The highest BCUT2D eigenvalue weighted by molar-refractivity contribution is 5.86. The van der Waals surface area contributed by atoms with Crippen molar-refractivity contribution in [1.82, 2.24) is 9.47 Å². The minimum Gasteiger partial charge on any atom is -0.490 e. The Balaban J connectivity index is 1.34. The van der Waals surface area contributed by atoms with Gasteiger partial charge in [0.15, 0.2) is 0 Å². The van der Waals surface area contributed by atoms with Crippen molar-refractivity contribution in [3.63, 3.8) is 0 Å². The zero-order valence-electron chi connectivity index (χ0n) is 15.7. The van der Waals surface area contributed by atoms with Gasteiger partial charge in [-0.15, -0.1) is 0 Å². The van der Waals surface area contributed by atoms with Crippen molar-refractivity contribution in [2.45, 2.75) is 44.8 Å². The van der Waals surface area contributed by atoms with Gasteiger partial charge in [-0.3, -0.25) is 0 Å². The number of nitrogens with zero attached hydrogens (tertiary/aromatic N) is 2. The van der Waals surface area contributed by atoms with Gasteiger partial charge >= 0.3 is 0 Å². The number of hydrogen-bond donors (Lipinski definition) is 0. The zero-order chi connectivity index (χ0) is 18.6. The Morgan fingerprint density at radius 3 is 2.59 bits per heavy atom. The van der Waals surface area contributed by atoms with E-state index in [0.717, 1.165) is 61.7 Å². The van der Waals surface area contributed by atoms with Crippen LogP contribution in [-0.4, -0.2) is 54.8 Å². The SMILES string of the molecule is FC(F)Cn1ccc2c(OC3CCN(CC4CCOCC4)CC3)cccc21. The molecule has 0 unspecified atom stereocenters. The minimum atomic E-state index is -2.36. The largest absolute Gasteiger partial charge is 0.490 e. The zero-order valence-corrected chi connectivity index (χ0v) is 15.7. The van der Waals surface area contributed by atoms with E-state index < -0.39 is 6.43 Å². The molecule has 2 aromatic rings. The Kier molecular flexibility index (Phi) is 5.93. The quantitative estimate of drug-likeness (QED) is 0.755. The number of aromatic nitrogens is 1. The van der Waals surface area contributed by atoms with Crippen molar-refractivity contribution >= 4 is 10.9 Å². The molecule has 1 aromatic carbocycles. The molecule has 0 radical (unpaired) electrons. The fourth-order valence-electron chi connectivity index (χ4n) is 4.29. The molecule has 6 heteroatoms. The van der Waals surface area contributed by atoms with E-state index in [2.05, 4.69) is 4.90 Å². The highest BCUT2D eigenvalue weighted by Gasteiger charge is 2.24. The first-order valence-electron chi connectivity index (χ1n) is 10.0. The number of hydrogen-bond acceptors (Lipinski definition) is 3. The summed E-state index contributed by atoms with van der Waals surface area (Å²) >= 11 is 0. The number of piperidine rings is 1. The fraction of sp³-hybridized carbons (Fsp3) is 0.619. The van der Waals surface area contributed by atoms with E-state index in [1.165, 1.54) is 19.4 Å². The lowest BCUT2D eigenvalue weighted by Crippen LogP contribution is -2.41. The summed E-state index contributed by atoms with van der Waals surface area (Å²) in [4.78, 5) is 2.55. The van der Waals surface area contributed by atoms with Gasteiger partial charge in [0.05, 0.1) is 12.1 Å². The molecule has 0 amide bonds. The predicted octanol–water partition coefficient (Wildman–Crippen LogP) is 4.18. The third-order valence-corrected chi connectivity index (χ3v) is 5.79. The Hall–Kier alpha value is -1.66. The van der Waals surface area contributed by atoms with Crippen LogP contribution >= 0.6 is 0 Å². The lowest BCUT2D eigenvalue weighted by Gasteiger charge is -2.35. The maximum atomic E-state index is 12.7. The number of ether oxygens (including phenoxy) is 2. The highest BCUT2D eigenvalue weighted by atomic mass is 19.3. The van der Waals surface area contributed by atoms with E-state index in [4.69, 9.17) is 9.47 Å². The van der Waals surface area contributed by atoms with Gasteiger partial charge in [-0.1, -0.05) is 6.07 Å². The van der Waals surface area contributed by atoms with Crippen LogP contribution in [0.2, 0.25) is 0 Å². The normalized spacial score (nSPS) is 20.6. The number of rotatable bonds is 6. The molecule has 0 saturated carbocycles. The van der Waals surface area contributed by atoms with E-state index in [1.54, 1.807) is 10.8 Å². The molecule has 3 heterocycles. The fourth-order valence-corrected chi connectivity index (χ4v) is 4.29. The summed E-state index contributed by atoms with van der Waals surface area (Å²) in [6, 6.07) is 7.59. The lowest BCUT2D eigenvalue weighted by molar-refractivity contribution is 0.0391. The second kappa shape index (κ2) is 8.57. The van der Waals surface area contributed by atoms with Crippen molar-refractivity contribution in [2.24, 2.45) is 5.92 Å². The second-order valence-electron chi connectivity index (χ2n) is 7.72. The molecule has 2 aliphatic heterocycles. The molecule has 1 aromatic heterocycles. The average molecular weight is 378 g/mol. The Labute approximate surface area is 159 Å². The number of fused-ring (bicyclic) bond motifs is 1. The van der Waals surface area contributed by atoms with Crippen molar-refractivity contribution < 1.29 is 18.3 Å². The van der Waals surface area contributed by atoms with Crippen LogP contribution in [0.4, 0.5) is 8.78 Å². The molecule has 2 fully saturated rings. The van der Waals surface area contributed by atoms with Gasteiger partial charge in [0.2, 0.25) is 0 Å². The third kappa shape index (κ3) is 4.61. The van der Waals surface area contributed by atoms with E-state index in [1.807, 2.05) is 24.3 Å². The molecular weight excluding hydrogens is 350 g/mol. The summed E-state index contributed by atoms with van der Waals surface area (Å²) in [6.07, 6.45) is 3.93. The number of alkyl halides is 2. The van der Waals surface area contributed by atoms with E-state index in [0.29, 0.717) is 0 Å². The number of likely N-dealkylation sites (tertiary alicyclic amines) is 1. The average Bonchev–Trinajstić information content (AvgIpc) is 3.08. The van der Waals surface area contributed by atoms with Crippen molar-refractivity contribution in [1.29, 1.82) is 0 Å². The molecular formula is C21H28F2N2O2. The third-order valence-electron chi connectivity index (χ3n) is 5.79. The van der Waals surface area contributed by atoms with Crippen LogP contribution in [0.3, 0.4) is 0 Å². The van der Waals surface area contributed by atoms with Gasteiger partial charge in [0, 0.05) is 44.4 Å². The van der Waals surface area contributed by atoms with E-state index >= 15 is 0 Å². The second-order valence-corrected chi connectivity index (χ2v) is 7.72. The lowest BCUT2D eigenvalue weighted by atomic mass is 9.98. The van der Waals surface area contributed by atoms with Crippen molar-refractivity contribution in [3.8, 4) is 5.75 Å². The molecule has 0 aliphatic carbocycles. The van der Waals surface area contributed by atoms with Crippen LogP contribution in [0.1, 0.15) is 25.7 Å². The summed E-state index contributed by atoms with van der Waals surface area (Å²) in [6.45, 7) is 4.81. The predicted molar refractivity (Wildman–Crippen MR) is 102 cm³/mol. The van der Waals surface area contributed by atoms with Gasteiger partial charge in [-0.05, 0) is 49.8 Å². The van der Waals surface area contributed by atoms with Gasteiger partial charge in [0.1, 0.15) is 11.9 Å². The molecule has 0 bridgehead atoms. The van der Waals surface area contributed by atoms with Crippen LogP contribution in [0, 0.1) is 5.92 Å². The number of benzene rings is 1. The molecule has 27 heavy (non-hydrogen) atoms. The first-order chi connectivity index (χ1) is 13.2. The van der Waals surface area contributed by atoms with E-state index in [9.17, 15) is 8.78 Å². The molecule has 148 valence electrons. The van der Waals surface area contributed by atoms with Gasteiger partial charge < -0.3 is 18.9 Å². The van der Waals surface area contributed by atoms with Gasteiger partial charge in [0.25, 0.3) is 6.43 Å². The highest BCUT2D eigenvalue weighted by Crippen LogP contribution is 2.30. The summed E-state index contributed by atoms with van der Waals surface area (Å²) in [5.41, 5.74) is 0.810. The molecule has 0 atom stereocenters. The molecule has 2 aliphatic rings. The summed E-state index contributed by atoms with van der Waals surface area (Å²) in [5.74, 6) is 1.57. The van der Waals surface area contributed by atoms with Crippen LogP contribution in [0.25, 0.3) is 10.9 Å². The first-order valence-corrected chi connectivity index (χ1v) is 10.0. The number of halogens is 2. The van der Waals surface area contributed by atoms with Gasteiger partial charge in [-0.2, -0.15) is 0 Å². The van der Waals surface area contributed by atoms with Crippen LogP contribution in [-0.2, 0) is 11.3 Å².